The maximum atomic E-state index is 14.1. The van der Waals surface area contributed by atoms with E-state index in [1.165, 1.54) is 0 Å². The van der Waals surface area contributed by atoms with Gasteiger partial charge in [0.1, 0.15) is 11.7 Å². The Morgan fingerprint density at radius 1 is 0.978 bits per heavy atom. The van der Waals surface area contributed by atoms with Crippen molar-refractivity contribution >= 4 is 35.6 Å². The zero-order valence-corrected chi connectivity index (χ0v) is 27.6. The molecule has 7 rings (SSSR count). The zero-order valence-electron chi connectivity index (χ0n) is 27.6. The van der Waals surface area contributed by atoms with Gasteiger partial charge in [0, 0.05) is 23.7 Å². The van der Waals surface area contributed by atoms with Crippen LogP contribution in [0.25, 0.3) is 10.8 Å². The Bertz CT molecular complexity index is 1620. The van der Waals surface area contributed by atoms with Gasteiger partial charge in [-0.2, -0.15) is 0 Å². The number of hydrogen-bond acceptors (Lipinski definition) is 6. The van der Waals surface area contributed by atoms with Crippen molar-refractivity contribution in [1.82, 2.24) is 20.9 Å². The standard InChI is InChI=1S/C36H45BN4O5/c1-21(2)17-30(37-45-29-19-25-18-28(35(25,4)5)36(29,6)46-37)41-33(43)27(20-39-32(42)24-13-11-22(3)12-14-24)40-34(44)31-26-10-8-7-9-23(26)15-16-38-31/h7-16,21,25,27-30H,17-20H2,1-6H3,(H,39,42)(H,40,44)(H,41,43)/t25?,27-,28?,29?,30?,36-/m0/s1. The van der Waals surface area contributed by atoms with Gasteiger partial charge in [-0.15, -0.1) is 0 Å². The Labute approximate surface area is 271 Å². The number of benzene rings is 2. The van der Waals surface area contributed by atoms with Crippen molar-refractivity contribution in [3.05, 3.63) is 77.6 Å². The number of nitrogens with one attached hydrogen (secondary N) is 3. The molecule has 2 bridgehead atoms. The molecule has 0 radical (unpaired) electrons. The molecule has 2 heterocycles. The minimum absolute atomic E-state index is 0.0254. The van der Waals surface area contributed by atoms with Gasteiger partial charge in [-0.3, -0.25) is 19.4 Å². The van der Waals surface area contributed by atoms with E-state index in [0.717, 1.165) is 23.8 Å². The number of pyridine rings is 1. The number of aryl methyl sites for hydroxylation is 1. The van der Waals surface area contributed by atoms with E-state index in [1.807, 2.05) is 49.4 Å². The van der Waals surface area contributed by atoms with E-state index in [4.69, 9.17) is 9.31 Å². The van der Waals surface area contributed by atoms with Crippen LogP contribution in [0.2, 0.25) is 0 Å². The van der Waals surface area contributed by atoms with Crippen molar-refractivity contribution in [1.29, 1.82) is 0 Å². The molecule has 3 aromatic rings. The number of fused-ring (bicyclic) bond motifs is 1. The fourth-order valence-corrected chi connectivity index (χ4v) is 7.84. The number of nitrogens with zero attached hydrogens (tertiary/aromatic N) is 1. The number of carbonyl (C=O) groups is 3. The molecule has 3 amide bonds. The maximum absolute atomic E-state index is 14.1. The van der Waals surface area contributed by atoms with Crippen LogP contribution in [0.5, 0.6) is 0 Å². The summed E-state index contributed by atoms with van der Waals surface area (Å²) in [5.74, 6) is -0.478. The van der Waals surface area contributed by atoms with Crippen LogP contribution in [-0.2, 0) is 14.1 Å². The second-order valence-electron chi connectivity index (χ2n) is 14.6. The van der Waals surface area contributed by atoms with Crippen LogP contribution in [0.1, 0.15) is 80.3 Å². The molecule has 0 spiro atoms. The number of hydrogen-bond donors (Lipinski definition) is 3. The average molecular weight is 625 g/mol. The summed E-state index contributed by atoms with van der Waals surface area (Å²) in [4.78, 5) is 45.1. The molecule has 3 saturated carbocycles. The smallest absolute Gasteiger partial charge is 0.404 e. The van der Waals surface area contributed by atoms with Crippen molar-refractivity contribution in [2.24, 2.45) is 23.2 Å². The second-order valence-corrected chi connectivity index (χ2v) is 14.6. The normalized spacial score (nSPS) is 25.7. The minimum Gasteiger partial charge on any atom is -0.404 e. The summed E-state index contributed by atoms with van der Waals surface area (Å²) >= 11 is 0. The first kappa shape index (κ1) is 32.2. The van der Waals surface area contributed by atoms with Crippen LogP contribution in [0.15, 0.2) is 60.8 Å². The first-order valence-corrected chi connectivity index (χ1v) is 16.5. The third kappa shape index (κ3) is 6.05. The quantitative estimate of drug-likeness (QED) is 0.277. The van der Waals surface area contributed by atoms with E-state index in [-0.39, 0.29) is 35.6 Å². The molecule has 46 heavy (non-hydrogen) atoms. The molecule has 4 aliphatic rings. The molecular formula is C36H45BN4O5. The van der Waals surface area contributed by atoms with Crippen LogP contribution in [0.4, 0.5) is 0 Å². The Balaban J connectivity index is 1.22. The third-order valence-corrected chi connectivity index (χ3v) is 10.6. The predicted octanol–water partition coefficient (Wildman–Crippen LogP) is 4.87. The summed E-state index contributed by atoms with van der Waals surface area (Å²) in [7, 11) is -0.616. The van der Waals surface area contributed by atoms with Crippen LogP contribution in [-0.4, -0.2) is 60.1 Å². The van der Waals surface area contributed by atoms with E-state index in [9.17, 15) is 14.4 Å². The number of rotatable bonds is 10. The molecule has 1 aromatic heterocycles. The van der Waals surface area contributed by atoms with Gasteiger partial charge in [0.15, 0.2) is 0 Å². The topological polar surface area (TPSA) is 119 Å². The molecule has 6 atom stereocenters. The molecule has 1 aliphatic heterocycles. The van der Waals surface area contributed by atoms with Gasteiger partial charge >= 0.3 is 7.12 Å². The maximum Gasteiger partial charge on any atom is 0.481 e. The van der Waals surface area contributed by atoms with Gasteiger partial charge < -0.3 is 25.3 Å². The molecule has 4 unspecified atom stereocenters. The molecule has 9 nitrogen and oxygen atoms in total. The van der Waals surface area contributed by atoms with Gasteiger partial charge in [0.2, 0.25) is 5.91 Å². The van der Waals surface area contributed by atoms with Crippen molar-refractivity contribution in [3.63, 3.8) is 0 Å². The van der Waals surface area contributed by atoms with Gasteiger partial charge in [-0.25, -0.2) is 0 Å². The number of amides is 3. The Morgan fingerprint density at radius 3 is 2.43 bits per heavy atom. The highest BCUT2D eigenvalue weighted by Crippen LogP contribution is 2.65. The highest BCUT2D eigenvalue weighted by molar-refractivity contribution is 6.48. The molecule has 2 aromatic carbocycles. The van der Waals surface area contributed by atoms with Crippen LogP contribution < -0.4 is 16.0 Å². The van der Waals surface area contributed by atoms with E-state index in [1.54, 1.807) is 18.3 Å². The molecule has 1 saturated heterocycles. The average Bonchev–Trinajstić information content (AvgIpc) is 3.39. The first-order chi connectivity index (χ1) is 21.9. The summed E-state index contributed by atoms with van der Waals surface area (Å²) in [6.07, 6.45) is 4.25. The largest absolute Gasteiger partial charge is 0.481 e. The molecule has 242 valence electrons. The van der Waals surface area contributed by atoms with Crippen LogP contribution in [0, 0.1) is 30.1 Å². The Morgan fingerprint density at radius 2 is 1.72 bits per heavy atom. The third-order valence-electron chi connectivity index (χ3n) is 10.6. The lowest BCUT2D eigenvalue weighted by molar-refractivity contribution is -0.199. The van der Waals surface area contributed by atoms with Crippen molar-refractivity contribution in [2.75, 3.05) is 6.54 Å². The highest BCUT2D eigenvalue weighted by Gasteiger charge is 2.68. The van der Waals surface area contributed by atoms with Gasteiger partial charge in [0.05, 0.1) is 17.6 Å². The van der Waals surface area contributed by atoms with E-state index in [2.05, 4.69) is 55.6 Å². The van der Waals surface area contributed by atoms with E-state index < -0.39 is 36.5 Å². The molecule has 4 fully saturated rings. The number of carbonyl (C=O) groups excluding carboxylic acids is 3. The molecule has 3 aliphatic carbocycles. The summed E-state index contributed by atoms with van der Waals surface area (Å²) in [5.41, 5.74) is 1.49. The molecule has 10 heteroatoms. The zero-order chi connectivity index (χ0) is 32.8. The van der Waals surface area contributed by atoms with Crippen LogP contribution >= 0.6 is 0 Å². The first-order valence-electron chi connectivity index (χ1n) is 16.5. The van der Waals surface area contributed by atoms with Crippen molar-refractivity contribution < 1.29 is 23.7 Å². The lowest BCUT2D eigenvalue weighted by atomic mass is 9.43. The summed E-state index contributed by atoms with van der Waals surface area (Å²) in [6.45, 7) is 12.8. The Hall–Kier alpha value is -3.76. The van der Waals surface area contributed by atoms with Gasteiger partial charge in [0.25, 0.3) is 11.8 Å². The fourth-order valence-electron chi connectivity index (χ4n) is 7.84. The van der Waals surface area contributed by atoms with Crippen molar-refractivity contribution in [2.45, 2.75) is 84.5 Å². The summed E-state index contributed by atoms with van der Waals surface area (Å²) < 4.78 is 13.3. The lowest BCUT2D eigenvalue weighted by Gasteiger charge is -2.64. The summed E-state index contributed by atoms with van der Waals surface area (Å²) in [5, 5.41) is 10.4. The lowest BCUT2D eigenvalue weighted by Crippen LogP contribution is -2.65. The van der Waals surface area contributed by atoms with Gasteiger partial charge in [-0.05, 0) is 79.9 Å². The molecule has 3 N–H and O–H groups in total. The monoisotopic (exact) mass is 624 g/mol. The molecular weight excluding hydrogens is 579 g/mol. The predicted molar refractivity (Wildman–Crippen MR) is 178 cm³/mol. The van der Waals surface area contributed by atoms with Gasteiger partial charge in [-0.1, -0.05) is 69.7 Å². The highest BCUT2D eigenvalue weighted by atomic mass is 16.7. The summed E-state index contributed by atoms with van der Waals surface area (Å²) in [6, 6.07) is 15.4. The number of aromatic nitrogens is 1. The fraction of sp³-hybridized carbons (Fsp3) is 0.500. The van der Waals surface area contributed by atoms with Crippen molar-refractivity contribution in [3.8, 4) is 0 Å². The van der Waals surface area contributed by atoms with E-state index in [0.29, 0.717) is 29.2 Å². The van der Waals surface area contributed by atoms with Crippen LogP contribution in [0.3, 0.4) is 0 Å². The van der Waals surface area contributed by atoms with E-state index >= 15 is 0 Å². The SMILES string of the molecule is Cc1ccc(C(=O)NC[C@H](NC(=O)c2nccc3ccccc23)C(=O)NC(CC(C)C)B2OC3CC4CC(C4(C)C)[C@]3(C)O2)cc1. The Kier molecular flexibility index (Phi) is 8.72. The second kappa shape index (κ2) is 12.5. The minimum atomic E-state index is -1.08.